The summed E-state index contributed by atoms with van der Waals surface area (Å²) >= 11 is 0. The first kappa shape index (κ1) is 11.4. The van der Waals surface area contributed by atoms with Crippen molar-refractivity contribution in [2.45, 2.75) is 45.8 Å². The van der Waals surface area contributed by atoms with Crippen LogP contribution in [0, 0.1) is 0 Å². The van der Waals surface area contributed by atoms with Crippen LogP contribution in [-0.2, 0) is 9.53 Å². The highest BCUT2D eigenvalue weighted by atomic mass is 16.5. The van der Waals surface area contributed by atoms with Gasteiger partial charge in [-0.3, -0.25) is 4.79 Å². The van der Waals surface area contributed by atoms with Crippen molar-refractivity contribution in [3.63, 3.8) is 0 Å². The fourth-order valence-corrected chi connectivity index (χ4v) is 0.515. The number of likely N-dealkylation sites (N-methyl/N-ethyl adjacent to an activating group) is 1. The lowest BCUT2D eigenvalue weighted by Crippen LogP contribution is -2.46. The third-order valence-electron chi connectivity index (χ3n) is 2.02. The number of esters is 1. The van der Waals surface area contributed by atoms with E-state index in [-0.39, 0.29) is 12.1 Å². The van der Waals surface area contributed by atoms with Gasteiger partial charge >= 0.3 is 5.97 Å². The van der Waals surface area contributed by atoms with Gasteiger partial charge in [0.25, 0.3) is 0 Å². The predicted molar refractivity (Wildman–Crippen MR) is 49.0 cm³/mol. The molecular formula is C9H19NO2. The zero-order valence-corrected chi connectivity index (χ0v) is 8.60. The van der Waals surface area contributed by atoms with Crippen molar-refractivity contribution in [2.24, 2.45) is 0 Å². The van der Waals surface area contributed by atoms with E-state index in [1.807, 2.05) is 13.8 Å². The van der Waals surface area contributed by atoms with Crippen molar-refractivity contribution in [1.29, 1.82) is 0 Å². The Morgan fingerprint density at radius 3 is 2.42 bits per heavy atom. The van der Waals surface area contributed by atoms with Crippen molar-refractivity contribution in [3.05, 3.63) is 0 Å². The molecule has 0 heterocycles. The van der Waals surface area contributed by atoms with E-state index in [1.165, 1.54) is 0 Å². The first-order chi connectivity index (χ1) is 5.44. The molecule has 1 unspecified atom stereocenters. The molecule has 0 aliphatic carbocycles. The Hall–Kier alpha value is -0.570. The lowest BCUT2D eigenvalue weighted by molar-refractivity contribution is -0.154. The van der Waals surface area contributed by atoms with Gasteiger partial charge in [-0.05, 0) is 34.2 Å². The number of carbonyl (C=O) groups excluding carboxylic acids is 1. The fraction of sp³-hybridized carbons (Fsp3) is 0.889. The second-order valence-electron chi connectivity index (χ2n) is 3.50. The van der Waals surface area contributed by atoms with E-state index >= 15 is 0 Å². The van der Waals surface area contributed by atoms with Gasteiger partial charge in [0, 0.05) is 0 Å². The molecule has 0 aromatic carbocycles. The normalized spacial score (nSPS) is 14.1. The van der Waals surface area contributed by atoms with Crippen LogP contribution in [0.1, 0.15) is 34.1 Å². The number of carbonyl (C=O) groups is 1. The van der Waals surface area contributed by atoms with Crippen molar-refractivity contribution in [1.82, 2.24) is 5.32 Å². The SMILES string of the molecule is CCC(C)OC(=O)C(C)(C)NC. The van der Waals surface area contributed by atoms with Gasteiger partial charge in [0.15, 0.2) is 0 Å². The molecule has 0 saturated heterocycles. The summed E-state index contributed by atoms with van der Waals surface area (Å²) in [6.07, 6.45) is 0.857. The molecule has 0 saturated carbocycles. The third kappa shape index (κ3) is 3.22. The first-order valence-electron chi connectivity index (χ1n) is 4.34. The molecule has 0 spiro atoms. The summed E-state index contributed by atoms with van der Waals surface area (Å²) in [5.41, 5.74) is -0.580. The molecule has 0 aliphatic heterocycles. The summed E-state index contributed by atoms with van der Waals surface area (Å²) in [6.45, 7) is 7.49. The van der Waals surface area contributed by atoms with Crippen LogP contribution in [0.25, 0.3) is 0 Å². The number of rotatable bonds is 4. The lowest BCUT2D eigenvalue weighted by Gasteiger charge is -2.23. The zero-order valence-electron chi connectivity index (χ0n) is 8.60. The fourth-order valence-electron chi connectivity index (χ4n) is 0.515. The molecule has 0 fully saturated rings. The molecule has 72 valence electrons. The number of nitrogens with one attached hydrogen (secondary N) is 1. The highest BCUT2D eigenvalue weighted by molar-refractivity contribution is 5.79. The smallest absolute Gasteiger partial charge is 0.326 e. The first-order valence-corrected chi connectivity index (χ1v) is 4.34. The molecule has 0 bridgehead atoms. The highest BCUT2D eigenvalue weighted by Gasteiger charge is 2.27. The largest absolute Gasteiger partial charge is 0.461 e. The summed E-state index contributed by atoms with van der Waals surface area (Å²) in [5, 5.41) is 2.90. The Morgan fingerprint density at radius 1 is 1.58 bits per heavy atom. The average molecular weight is 173 g/mol. The minimum absolute atomic E-state index is 0.00475. The van der Waals surface area contributed by atoms with E-state index in [1.54, 1.807) is 20.9 Å². The predicted octanol–water partition coefficient (Wildman–Crippen LogP) is 1.33. The topological polar surface area (TPSA) is 38.3 Å². The molecule has 0 aliphatic rings. The van der Waals surface area contributed by atoms with Gasteiger partial charge in [-0.25, -0.2) is 0 Å². The average Bonchev–Trinajstić information content (AvgIpc) is 2.04. The molecule has 0 rings (SSSR count). The van der Waals surface area contributed by atoms with E-state index in [0.717, 1.165) is 6.42 Å². The Kier molecular flexibility index (Phi) is 4.24. The van der Waals surface area contributed by atoms with Crippen LogP contribution < -0.4 is 5.32 Å². The van der Waals surface area contributed by atoms with E-state index < -0.39 is 5.54 Å². The molecule has 0 amide bonds. The van der Waals surface area contributed by atoms with Gasteiger partial charge in [0.2, 0.25) is 0 Å². The molecule has 3 heteroatoms. The van der Waals surface area contributed by atoms with Crippen molar-refractivity contribution < 1.29 is 9.53 Å². The van der Waals surface area contributed by atoms with Crippen LogP contribution in [0.15, 0.2) is 0 Å². The summed E-state index contributed by atoms with van der Waals surface area (Å²) < 4.78 is 5.15. The van der Waals surface area contributed by atoms with Crippen LogP contribution in [-0.4, -0.2) is 24.7 Å². The third-order valence-corrected chi connectivity index (χ3v) is 2.02. The standard InChI is InChI=1S/C9H19NO2/c1-6-7(2)12-8(11)9(3,4)10-5/h7,10H,6H2,1-5H3. The number of hydrogen-bond acceptors (Lipinski definition) is 3. The molecule has 1 N–H and O–H groups in total. The second kappa shape index (κ2) is 4.45. The van der Waals surface area contributed by atoms with Crippen LogP contribution in [0.3, 0.4) is 0 Å². The van der Waals surface area contributed by atoms with Gasteiger partial charge < -0.3 is 10.1 Å². The maximum atomic E-state index is 11.4. The minimum Gasteiger partial charge on any atom is -0.461 e. The van der Waals surface area contributed by atoms with Crippen molar-refractivity contribution in [3.8, 4) is 0 Å². The Bertz CT molecular complexity index is 155. The maximum absolute atomic E-state index is 11.4. The van der Waals surface area contributed by atoms with Gasteiger partial charge in [0.1, 0.15) is 5.54 Å². The van der Waals surface area contributed by atoms with E-state index in [0.29, 0.717) is 0 Å². The van der Waals surface area contributed by atoms with Crippen molar-refractivity contribution in [2.75, 3.05) is 7.05 Å². The monoisotopic (exact) mass is 173 g/mol. The summed E-state index contributed by atoms with van der Waals surface area (Å²) in [4.78, 5) is 11.4. The zero-order chi connectivity index (χ0) is 9.78. The van der Waals surface area contributed by atoms with E-state index in [4.69, 9.17) is 4.74 Å². The van der Waals surface area contributed by atoms with Crippen LogP contribution in [0.2, 0.25) is 0 Å². The minimum atomic E-state index is -0.580. The Morgan fingerprint density at radius 2 is 2.08 bits per heavy atom. The van der Waals surface area contributed by atoms with Crippen LogP contribution in [0.5, 0.6) is 0 Å². The van der Waals surface area contributed by atoms with Gasteiger partial charge in [-0.2, -0.15) is 0 Å². The molecule has 3 nitrogen and oxygen atoms in total. The Labute approximate surface area is 74.5 Å². The molecule has 0 radical (unpaired) electrons. The van der Waals surface area contributed by atoms with Crippen LogP contribution in [0.4, 0.5) is 0 Å². The number of hydrogen-bond donors (Lipinski definition) is 1. The van der Waals surface area contributed by atoms with E-state index in [2.05, 4.69) is 5.32 Å². The highest BCUT2D eigenvalue weighted by Crippen LogP contribution is 2.07. The molecule has 12 heavy (non-hydrogen) atoms. The summed E-state index contributed by atoms with van der Waals surface area (Å²) in [5.74, 6) is -0.195. The number of ether oxygens (including phenoxy) is 1. The molecule has 0 aromatic heterocycles. The summed E-state index contributed by atoms with van der Waals surface area (Å²) in [6, 6.07) is 0. The van der Waals surface area contributed by atoms with Crippen molar-refractivity contribution >= 4 is 5.97 Å². The molecule has 0 aromatic rings. The van der Waals surface area contributed by atoms with Gasteiger partial charge in [-0.15, -0.1) is 0 Å². The Balaban J connectivity index is 4.03. The molecular weight excluding hydrogens is 154 g/mol. The molecule has 1 atom stereocenters. The van der Waals surface area contributed by atoms with Gasteiger partial charge in [0.05, 0.1) is 6.10 Å². The maximum Gasteiger partial charge on any atom is 0.326 e. The summed E-state index contributed by atoms with van der Waals surface area (Å²) in [7, 11) is 1.75. The van der Waals surface area contributed by atoms with E-state index in [9.17, 15) is 4.79 Å². The second-order valence-corrected chi connectivity index (χ2v) is 3.50. The van der Waals surface area contributed by atoms with Crippen LogP contribution >= 0.6 is 0 Å². The quantitative estimate of drug-likeness (QED) is 0.652. The lowest BCUT2D eigenvalue weighted by atomic mass is 10.1. The van der Waals surface area contributed by atoms with Gasteiger partial charge in [-0.1, -0.05) is 6.92 Å².